The van der Waals surface area contributed by atoms with Gasteiger partial charge in [0.2, 0.25) is 6.79 Å². The van der Waals surface area contributed by atoms with Crippen LogP contribution in [0.15, 0.2) is 53.8 Å². The molecule has 0 spiro atoms. The summed E-state index contributed by atoms with van der Waals surface area (Å²) in [6, 6.07) is 13.1. The Labute approximate surface area is 138 Å². The summed E-state index contributed by atoms with van der Waals surface area (Å²) >= 11 is 0. The molecule has 0 unspecified atom stereocenters. The largest absolute Gasteiger partial charge is 0.454 e. The first kappa shape index (κ1) is 14.3. The zero-order valence-corrected chi connectivity index (χ0v) is 13.0. The van der Waals surface area contributed by atoms with Crippen LogP contribution in [0, 0.1) is 0 Å². The number of aryl methyl sites for hydroxylation is 1. The smallest absolute Gasteiger partial charge is 0.271 e. The molecule has 0 bridgehead atoms. The summed E-state index contributed by atoms with van der Waals surface area (Å²) in [6.45, 7) is 0.180. The van der Waals surface area contributed by atoms with Gasteiger partial charge in [-0.25, -0.2) is 5.43 Å². The fourth-order valence-corrected chi connectivity index (χ4v) is 2.74. The van der Waals surface area contributed by atoms with Crippen LogP contribution in [0.3, 0.4) is 0 Å². The number of hydrazone groups is 1. The third kappa shape index (κ3) is 2.48. The van der Waals surface area contributed by atoms with E-state index in [-0.39, 0.29) is 12.7 Å². The van der Waals surface area contributed by atoms with Crippen molar-refractivity contribution in [1.82, 2.24) is 9.99 Å². The lowest BCUT2D eigenvalue weighted by molar-refractivity contribution is 0.0954. The van der Waals surface area contributed by atoms with Crippen molar-refractivity contribution in [1.29, 1.82) is 0 Å². The maximum absolute atomic E-state index is 12.2. The van der Waals surface area contributed by atoms with Crippen molar-refractivity contribution in [3.8, 4) is 11.5 Å². The second-order valence-electron chi connectivity index (χ2n) is 5.48. The van der Waals surface area contributed by atoms with Gasteiger partial charge in [-0.15, -0.1) is 0 Å². The Balaban J connectivity index is 1.51. The van der Waals surface area contributed by atoms with Gasteiger partial charge in [-0.3, -0.25) is 4.79 Å². The molecule has 4 rings (SSSR count). The van der Waals surface area contributed by atoms with E-state index in [1.54, 1.807) is 24.4 Å². The van der Waals surface area contributed by atoms with Gasteiger partial charge < -0.3 is 14.0 Å². The highest BCUT2D eigenvalue weighted by Gasteiger charge is 2.15. The highest BCUT2D eigenvalue weighted by atomic mass is 16.7. The number of benzene rings is 2. The van der Waals surface area contributed by atoms with Crippen LogP contribution in [-0.2, 0) is 7.05 Å². The lowest BCUT2D eigenvalue weighted by Crippen LogP contribution is -2.17. The number of ether oxygens (including phenoxy) is 2. The van der Waals surface area contributed by atoms with E-state index in [4.69, 9.17) is 9.47 Å². The molecule has 1 aliphatic rings. The molecule has 1 aromatic heterocycles. The number of carbonyl (C=O) groups is 1. The number of hydrogen-bond acceptors (Lipinski definition) is 4. The molecule has 0 atom stereocenters. The van der Waals surface area contributed by atoms with Gasteiger partial charge in [-0.1, -0.05) is 18.2 Å². The summed E-state index contributed by atoms with van der Waals surface area (Å²) < 4.78 is 12.5. The Bertz CT molecular complexity index is 959. The van der Waals surface area contributed by atoms with E-state index in [2.05, 4.69) is 10.5 Å². The molecule has 0 saturated heterocycles. The monoisotopic (exact) mass is 321 g/mol. The molecule has 24 heavy (non-hydrogen) atoms. The molecule has 3 aromatic rings. The zero-order chi connectivity index (χ0) is 16.5. The molecule has 6 heteroatoms. The number of aromatic nitrogens is 1. The molecular formula is C18H15N3O3. The summed E-state index contributed by atoms with van der Waals surface area (Å²) in [5, 5.41) is 5.15. The third-order valence-electron chi connectivity index (χ3n) is 3.93. The van der Waals surface area contributed by atoms with Crippen LogP contribution in [0.25, 0.3) is 10.9 Å². The maximum atomic E-state index is 12.2. The van der Waals surface area contributed by atoms with Crippen LogP contribution in [0.1, 0.15) is 15.9 Å². The van der Waals surface area contributed by atoms with Gasteiger partial charge in [0.25, 0.3) is 5.91 Å². The molecule has 120 valence electrons. The van der Waals surface area contributed by atoms with E-state index in [1.807, 2.05) is 42.1 Å². The minimum Gasteiger partial charge on any atom is -0.454 e. The minimum absolute atomic E-state index is 0.180. The standard InChI is InChI=1S/C18H15N3O3/c1-21-10-13(14-4-2-3-5-15(14)21)9-19-20-18(22)12-6-7-16-17(8-12)24-11-23-16/h2-10H,11H2,1H3,(H,20,22)/b19-9+. The third-order valence-corrected chi connectivity index (χ3v) is 3.93. The molecule has 1 N–H and O–H groups in total. The average Bonchev–Trinajstić information content (AvgIpc) is 3.19. The number of para-hydroxylation sites is 1. The van der Waals surface area contributed by atoms with Crippen LogP contribution >= 0.6 is 0 Å². The van der Waals surface area contributed by atoms with Crippen LogP contribution in [0.4, 0.5) is 0 Å². The van der Waals surface area contributed by atoms with E-state index in [9.17, 15) is 4.79 Å². The first-order chi connectivity index (χ1) is 11.7. The second kappa shape index (κ2) is 5.73. The Hall–Kier alpha value is -3.28. The predicted molar refractivity (Wildman–Crippen MR) is 90.5 cm³/mol. The first-order valence-electron chi connectivity index (χ1n) is 7.49. The highest BCUT2D eigenvalue weighted by Crippen LogP contribution is 2.32. The Morgan fingerprint density at radius 2 is 2.04 bits per heavy atom. The van der Waals surface area contributed by atoms with Crippen molar-refractivity contribution in [2.45, 2.75) is 0 Å². The zero-order valence-electron chi connectivity index (χ0n) is 13.0. The van der Waals surface area contributed by atoms with Gasteiger partial charge >= 0.3 is 0 Å². The number of rotatable bonds is 3. The quantitative estimate of drug-likeness (QED) is 0.596. The average molecular weight is 321 g/mol. The molecule has 0 fully saturated rings. The molecule has 0 saturated carbocycles. The SMILES string of the molecule is Cn1cc(/C=N/NC(=O)c2ccc3c(c2)OCO3)c2ccccc21. The van der Waals surface area contributed by atoms with Crippen molar-refractivity contribution in [2.75, 3.05) is 6.79 Å². The van der Waals surface area contributed by atoms with E-state index in [0.717, 1.165) is 16.5 Å². The van der Waals surface area contributed by atoms with Gasteiger partial charge in [0, 0.05) is 35.3 Å². The van der Waals surface area contributed by atoms with Crippen LogP contribution in [-0.4, -0.2) is 23.5 Å². The summed E-state index contributed by atoms with van der Waals surface area (Å²) in [5.74, 6) is 0.913. The van der Waals surface area contributed by atoms with Crippen molar-refractivity contribution in [3.05, 3.63) is 59.8 Å². The molecule has 1 aliphatic heterocycles. The van der Waals surface area contributed by atoms with Crippen LogP contribution in [0.2, 0.25) is 0 Å². The first-order valence-corrected chi connectivity index (χ1v) is 7.49. The van der Waals surface area contributed by atoms with Gasteiger partial charge in [-0.2, -0.15) is 5.10 Å². The number of hydrogen-bond donors (Lipinski definition) is 1. The van der Waals surface area contributed by atoms with Crippen molar-refractivity contribution in [3.63, 3.8) is 0 Å². The predicted octanol–water partition coefficient (Wildman–Crippen LogP) is 2.67. The van der Waals surface area contributed by atoms with Crippen molar-refractivity contribution < 1.29 is 14.3 Å². The number of amides is 1. The molecule has 0 aliphatic carbocycles. The molecule has 0 radical (unpaired) electrons. The van der Waals surface area contributed by atoms with Crippen LogP contribution < -0.4 is 14.9 Å². The molecular weight excluding hydrogens is 306 g/mol. The lowest BCUT2D eigenvalue weighted by atomic mass is 10.2. The minimum atomic E-state index is -0.301. The summed E-state index contributed by atoms with van der Waals surface area (Å²) in [4.78, 5) is 12.2. The van der Waals surface area contributed by atoms with Gasteiger partial charge in [0.15, 0.2) is 11.5 Å². The van der Waals surface area contributed by atoms with Crippen molar-refractivity contribution in [2.24, 2.45) is 12.1 Å². The van der Waals surface area contributed by atoms with E-state index >= 15 is 0 Å². The molecule has 2 aromatic carbocycles. The van der Waals surface area contributed by atoms with Crippen molar-refractivity contribution >= 4 is 23.0 Å². The van der Waals surface area contributed by atoms with E-state index in [1.165, 1.54) is 0 Å². The number of nitrogens with zero attached hydrogens (tertiary/aromatic N) is 2. The molecule has 6 nitrogen and oxygen atoms in total. The summed E-state index contributed by atoms with van der Waals surface area (Å²) in [7, 11) is 1.98. The maximum Gasteiger partial charge on any atom is 0.271 e. The Kier molecular flexibility index (Phi) is 3.42. The van der Waals surface area contributed by atoms with Gasteiger partial charge in [0.05, 0.1) is 6.21 Å². The number of fused-ring (bicyclic) bond motifs is 2. The second-order valence-corrected chi connectivity index (χ2v) is 5.48. The fraction of sp³-hybridized carbons (Fsp3) is 0.111. The van der Waals surface area contributed by atoms with E-state index < -0.39 is 0 Å². The topological polar surface area (TPSA) is 64.9 Å². The summed E-state index contributed by atoms with van der Waals surface area (Å²) in [5.41, 5.74) is 5.06. The number of nitrogens with one attached hydrogen (secondary N) is 1. The van der Waals surface area contributed by atoms with Gasteiger partial charge in [-0.05, 0) is 24.3 Å². The highest BCUT2D eigenvalue weighted by molar-refractivity contribution is 6.00. The lowest BCUT2D eigenvalue weighted by Gasteiger charge is -2.01. The number of carbonyl (C=O) groups excluding carboxylic acids is 1. The van der Waals surface area contributed by atoms with Crippen LogP contribution in [0.5, 0.6) is 11.5 Å². The summed E-state index contributed by atoms with van der Waals surface area (Å²) in [6.07, 6.45) is 3.62. The van der Waals surface area contributed by atoms with E-state index in [0.29, 0.717) is 17.1 Å². The molecule has 2 heterocycles. The molecule has 1 amide bonds. The fourth-order valence-electron chi connectivity index (χ4n) is 2.74. The Morgan fingerprint density at radius 3 is 2.96 bits per heavy atom. The van der Waals surface area contributed by atoms with Gasteiger partial charge in [0.1, 0.15) is 0 Å². The Morgan fingerprint density at radius 1 is 1.21 bits per heavy atom. The normalized spacial score (nSPS) is 12.9.